The number of rotatable bonds is 4. The summed E-state index contributed by atoms with van der Waals surface area (Å²) in [5.74, 6) is -0.432. The van der Waals surface area contributed by atoms with Crippen LogP contribution in [-0.2, 0) is 9.84 Å². The molecule has 0 fully saturated rings. The van der Waals surface area contributed by atoms with Gasteiger partial charge in [0.15, 0.2) is 9.84 Å². The minimum atomic E-state index is -3.37. The summed E-state index contributed by atoms with van der Waals surface area (Å²) in [6, 6.07) is 5.15. The fourth-order valence-corrected chi connectivity index (χ4v) is 2.82. The van der Waals surface area contributed by atoms with Crippen LogP contribution in [-0.4, -0.2) is 30.8 Å². The molecule has 0 heterocycles. The Morgan fingerprint density at radius 2 is 1.94 bits per heavy atom. The first-order valence-corrected chi connectivity index (χ1v) is 7.02. The van der Waals surface area contributed by atoms with E-state index in [-0.39, 0.29) is 12.1 Å². The summed E-state index contributed by atoms with van der Waals surface area (Å²) in [7, 11) is -3.37. The van der Waals surface area contributed by atoms with Crippen LogP contribution >= 0.6 is 0 Å². The van der Waals surface area contributed by atoms with Crippen LogP contribution in [0, 0.1) is 5.82 Å². The minimum absolute atomic E-state index is 0.0370. The molecule has 0 aliphatic rings. The average molecular weight is 259 g/mol. The highest BCUT2D eigenvalue weighted by Crippen LogP contribution is 2.14. The molecule has 4 nitrogen and oxygen atoms in total. The van der Waals surface area contributed by atoms with Crippen molar-refractivity contribution in [2.75, 3.05) is 6.26 Å². The van der Waals surface area contributed by atoms with Crippen LogP contribution in [0.4, 0.5) is 4.39 Å². The van der Waals surface area contributed by atoms with Crippen LogP contribution < -0.4 is 0 Å². The summed E-state index contributed by atoms with van der Waals surface area (Å²) in [6.07, 6.45) is 1.37. The molecule has 1 aromatic rings. The maximum absolute atomic E-state index is 12.8. The zero-order valence-electron chi connectivity index (χ0n) is 9.59. The second kappa shape index (κ2) is 5.27. The SMILES string of the molecule is CCC(C(=NO)c1ccc(F)cc1)S(C)(=O)=O. The van der Waals surface area contributed by atoms with Gasteiger partial charge < -0.3 is 5.21 Å². The Morgan fingerprint density at radius 3 is 2.29 bits per heavy atom. The second-order valence-corrected chi connectivity index (χ2v) is 5.95. The average Bonchev–Trinajstić information content (AvgIpc) is 2.25. The summed E-state index contributed by atoms with van der Waals surface area (Å²) >= 11 is 0. The monoisotopic (exact) mass is 259 g/mol. The van der Waals surface area contributed by atoms with Crippen LogP contribution in [0.1, 0.15) is 18.9 Å². The quantitative estimate of drug-likeness (QED) is 0.509. The molecule has 1 rings (SSSR count). The molecule has 1 unspecified atom stereocenters. The lowest BCUT2D eigenvalue weighted by molar-refractivity contribution is 0.318. The molecule has 0 aromatic heterocycles. The molecule has 1 atom stereocenters. The molecular formula is C11H14FNO3S. The maximum Gasteiger partial charge on any atom is 0.156 e. The van der Waals surface area contributed by atoms with Gasteiger partial charge in [0.2, 0.25) is 0 Å². The van der Waals surface area contributed by atoms with E-state index in [1.165, 1.54) is 24.3 Å². The molecule has 1 aromatic carbocycles. The van der Waals surface area contributed by atoms with E-state index in [2.05, 4.69) is 5.16 Å². The molecule has 0 spiro atoms. The largest absolute Gasteiger partial charge is 0.411 e. The molecule has 0 radical (unpaired) electrons. The standard InChI is InChI=1S/C11H14FNO3S/c1-3-10(17(2,15)16)11(13-14)8-4-6-9(12)7-5-8/h4-7,10,14H,3H2,1-2H3. The number of benzene rings is 1. The van der Waals surface area contributed by atoms with Crippen LogP contribution in [0.5, 0.6) is 0 Å². The molecular weight excluding hydrogens is 245 g/mol. The van der Waals surface area contributed by atoms with Gasteiger partial charge in [-0.3, -0.25) is 0 Å². The van der Waals surface area contributed by atoms with Crippen LogP contribution in [0.15, 0.2) is 29.4 Å². The number of hydrogen-bond acceptors (Lipinski definition) is 4. The normalized spacial score (nSPS) is 14.6. The summed E-state index contributed by atoms with van der Waals surface area (Å²) in [5.41, 5.74) is 0.432. The Morgan fingerprint density at radius 1 is 1.41 bits per heavy atom. The van der Waals surface area contributed by atoms with Crippen molar-refractivity contribution >= 4 is 15.5 Å². The highest BCUT2D eigenvalue weighted by atomic mass is 32.2. The lowest BCUT2D eigenvalue weighted by atomic mass is 10.1. The van der Waals surface area contributed by atoms with Crippen molar-refractivity contribution in [2.24, 2.45) is 5.16 Å². The fraction of sp³-hybridized carbons (Fsp3) is 0.364. The Bertz CT molecular complexity index is 508. The lowest BCUT2D eigenvalue weighted by Crippen LogP contribution is -2.29. The summed E-state index contributed by atoms with van der Waals surface area (Å²) in [5, 5.41) is 11.1. The number of sulfone groups is 1. The third kappa shape index (κ3) is 3.26. The van der Waals surface area contributed by atoms with Gasteiger partial charge in [-0.1, -0.05) is 24.2 Å². The van der Waals surface area contributed by atoms with E-state index in [0.717, 1.165) is 6.26 Å². The molecule has 0 saturated heterocycles. The first-order valence-electron chi connectivity index (χ1n) is 5.07. The highest BCUT2D eigenvalue weighted by Gasteiger charge is 2.26. The van der Waals surface area contributed by atoms with E-state index in [9.17, 15) is 12.8 Å². The van der Waals surface area contributed by atoms with Gasteiger partial charge in [0.05, 0.1) is 0 Å². The smallest absolute Gasteiger partial charge is 0.156 e. The van der Waals surface area contributed by atoms with Gasteiger partial charge in [0, 0.05) is 11.8 Å². The molecule has 1 N–H and O–H groups in total. The zero-order valence-corrected chi connectivity index (χ0v) is 10.4. The van der Waals surface area contributed by atoms with Gasteiger partial charge in [-0.25, -0.2) is 12.8 Å². The minimum Gasteiger partial charge on any atom is -0.411 e. The summed E-state index contributed by atoms with van der Waals surface area (Å²) < 4.78 is 35.8. The first-order chi connectivity index (χ1) is 7.90. The molecule has 0 aliphatic heterocycles. The molecule has 6 heteroatoms. The van der Waals surface area contributed by atoms with Gasteiger partial charge in [-0.15, -0.1) is 0 Å². The zero-order chi connectivity index (χ0) is 13.1. The molecule has 0 saturated carbocycles. The Balaban J connectivity index is 3.20. The van der Waals surface area contributed by atoms with Crippen molar-refractivity contribution < 1.29 is 18.0 Å². The fourth-order valence-electron chi connectivity index (χ4n) is 1.63. The Labute approximate surface area is 99.7 Å². The van der Waals surface area contributed by atoms with Crippen molar-refractivity contribution in [3.63, 3.8) is 0 Å². The van der Waals surface area contributed by atoms with Crippen molar-refractivity contribution in [3.05, 3.63) is 35.6 Å². The summed E-state index contributed by atoms with van der Waals surface area (Å²) in [6.45, 7) is 1.68. The van der Waals surface area contributed by atoms with Crippen molar-refractivity contribution in [1.82, 2.24) is 0 Å². The molecule has 17 heavy (non-hydrogen) atoms. The number of oxime groups is 1. The lowest BCUT2D eigenvalue weighted by Gasteiger charge is -2.14. The van der Waals surface area contributed by atoms with Gasteiger partial charge in [-0.05, 0) is 18.6 Å². The van der Waals surface area contributed by atoms with E-state index in [1.54, 1.807) is 6.92 Å². The topological polar surface area (TPSA) is 66.7 Å². The van der Waals surface area contributed by atoms with Crippen molar-refractivity contribution in [1.29, 1.82) is 0 Å². The third-order valence-corrected chi connectivity index (χ3v) is 4.03. The van der Waals surface area contributed by atoms with Gasteiger partial charge >= 0.3 is 0 Å². The molecule has 0 bridgehead atoms. The summed E-state index contributed by atoms with van der Waals surface area (Å²) in [4.78, 5) is 0. The van der Waals surface area contributed by atoms with E-state index < -0.39 is 20.9 Å². The maximum atomic E-state index is 12.8. The van der Waals surface area contributed by atoms with Crippen molar-refractivity contribution in [3.8, 4) is 0 Å². The second-order valence-electron chi connectivity index (χ2n) is 3.72. The number of nitrogens with zero attached hydrogens (tertiary/aromatic N) is 1. The van der Waals surface area contributed by atoms with E-state index in [4.69, 9.17) is 5.21 Å². The predicted octanol–water partition coefficient (Wildman–Crippen LogP) is 1.83. The first kappa shape index (κ1) is 13.6. The van der Waals surface area contributed by atoms with E-state index in [1.807, 2.05) is 0 Å². The molecule has 0 amide bonds. The van der Waals surface area contributed by atoms with E-state index in [0.29, 0.717) is 5.56 Å². The van der Waals surface area contributed by atoms with Crippen LogP contribution in [0.25, 0.3) is 0 Å². The van der Waals surface area contributed by atoms with Crippen LogP contribution in [0.2, 0.25) is 0 Å². The molecule has 0 aliphatic carbocycles. The molecule has 94 valence electrons. The van der Waals surface area contributed by atoms with E-state index >= 15 is 0 Å². The number of hydrogen-bond donors (Lipinski definition) is 1. The van der Waals surface area contributed by atoms with Crippen molar-refractivity contribution in [2.45, 2.75) is 18.6 Å². The van der Waals surface area contributed by atoms with Gasteiger partial charge in [-0.2, -0.15) is 0 Å². The Hall–Kier alpha value is -1.43. The third-order valence-electron chi connectivity index (χ3n) is 2.44. The Kier molecular flexibility index (Phi) is 4.22. The van der Waals surface area contributed by atoms with Crippen LogP contribution in [0.3, 0.4) is 0 Å². The van der Waals surface area contributed by atoms with Gasteiger partial charge in [0.25, 0.3) is 0 Å². The number of halogens is 1. The van der Waals surface area contributed by atoms with Gasteiger partial charge in [0.1, 0.15) is 16.8 Å². The predicted molar refractivity (Wildman–Crippen MR) is 63.6 cm³/mol. The highest BCUT2D eigenvalue weighted by molar-refractivity contribution is 7.92.